The molecule has 0 unspecified atom stereocenters. The van der Waals surface area contributed by atoms with E-state index in [1.807, 2.05) is 27.7 Å². The van der Waals surface area contributed by atoms with Gasteiger partial charge in [0.15, 0.2) is 0 Å². The van der Waals surface area contributed by atoms with Crippen molar-refractivity contribution in [3.63, 3.8) is 0 Å². The quantitative estimate of drug-likeness (QED) is 0.658. The van der Waals surface area contributed by atoms with Gasteiger partial charge in [0.1, 0.15) is 5.82 Å². The normalized spacial score (nSPS) is 7.00. The summed E-state index contributed by atoms with van der Waals surface area (Å²) in [7, 11) is 0. The maximum Gasteiger partial charge on any atom is 0.323 e. The molecule has 3 nitrogen and oxygen atoms in total. The number of hydrogen-bond acceptors (Lipinski definition) is 3. The van der Waals surface area contributed by atoms with Gasteiger partial charge in [-0.25, -0.2) is 0 Å². The second kappa shape index (κ2) is 9.36. The van der Waals surface area contributed by atoms with Gasteiger partial charge < -0.3 is 0 Å². The summed E-state index contributed by atoms with van der Waals surface area (Å²) in [4.78, 5) is 12.6. The number of rotatable bonds is 0. The molecule has 1 rings (SSSR count). The predicted molar refractivity (Wildman–Crippen MR) is 50.2 cm³/mol. The van der Waals surface area contributed by atoms with Crippen LogP contribution in [0, 0.1) is 6.92 Å². The number of aromatic nitrogens is 2. The number of nitrogens with zero attached hydrogens (tertiary/aromatic N) is 1. The highest BCUT2D eigenvalue weighted by molar-refractivity contribution is 7.02. The summed E-state index contributed by atoms with van der Waals surface area (Å²) in [6.07, 6.45) is 0. The SMILES string of the molecule is CC.CC.Cc1nsc(=O)[nH]1. The Hall–Kier alpha value is -0.640. The van der Waals surface area contributed by atoms with Crippen LogP contribution in [0.4, 0.5) is 0 Å². The van der Waals surface area contributed by atoms with Crippen LogP contribution in [0.5, 0.6) is 0 Å². The molecule has 0 aliphatic rings. The molecule has 11 heavy (non-hydrogen) atoms. The zero-order chi connectivity index (χ0) is 9.28. The summed E-state index contributed by atoms with van der Waals surface area (Å²) in [6.45, 7) is 9.75. The molecule has 0 spiro atoms. The van der Waals surface area contributed by atoms with E-state index < -0.39 is 0 Å². The summed E-state index contributed by atoms with van der Waals surface area (Å²) in [5.41, 5.74) is 0. The first kappa shape index (κ1) is 13.0. The minimum absolute atomic E-state index is 0.0856. The Bertz CT molecular complexity index is 204. The zero-order valence-electron chi connectivity index (χ0n) is 7.76. The molecule has 0 amide bonds. The topological polar surface area (TPSA) is 45.8 Å². The number of nitrogens with one attached hydrogen (secondary N) is 1. The van der Waals surface area contributed by atoms with Gasteiger partial charge >= 0.3 is 4.87 Å². The first-order valence-electron chi connectivity index (χ1n) is 3.81. The van der Waals surface area contributed by atoms with E-state index in [2.05, 4.69) is 9.36 Å². The van der Waals surface area contributed by atoms with Gasteiger partial charge in [-0.15, -0.1) is 0 Å². The molecule has 1 N–H and O–H groups in total. The van der Waals surface area contributed by atoms with Gasteiger partial charge in [0.25, 0.3) is 0 Å². The molecule has 0 saturated carbocycles. The van der Waals surface area contributed by atoms with Crippen LogP contribution in [0.1, 0.15) is 33.5 Å². The average Bonchev–Trinajstić information content (AvgIpc) is 2.43. The van der Waals surface area contributed by atoms with E-state index in [1.54, 1.807) is 6.92 Å². The lowest BCUT2D eigenvalue weighted by atomic mass is 10.8. The van der Waals surface area contributed by atoms with Crippen LogP contribution in [-0.4, -0.2) is 9.36 Å². The van der Waals surface area contributed by atoms with Crippen LogP contribution in [0.2, 0.25) is 0 Å². The molecule has 0 aliphatic heterocycles. The Balaban J connectivity index is 0. The van der Waals surface area contributed by atoms with E-state index in [0.717, 1.165) is 11.5 Å². The first-order chi connectivity index (χ1) is 5.29. The number of aryl methyl sites for hydroxylation is 1. The largest absolute Gasteiger partial charge is 0.323 e. The molecular formula is C7H16N2OS. The van der Waals surface area contributed by atoms with Crippen LogP contribution >= 0.6 is 11.5 Å². The van der Waals surface area contributed by atoms with Crippen LogP contribution in [0.15, 0.2) is 4.79 Å². The maximum absolute atomic E-state index is 10.2. The summed E-state index contributed by atoms with van der Waals surface area (Å²) in [5.74, 6) is 0.690. The van der Waals surface area contributed by atoms with E-state index in [4.69, 9.17) is 0 Å². The lowest BCUT2D eigenvalue weighted by Crippen LogP contribution is -1.90. The second-order valence-corrected chi connectivity index (χ2v) is 1.92. The molecular weight excluding hydrogens is 160 g/mol. The molecule has 0 fully saturated rings. The summed E-state index contributed by atoms with van der Waals surface area (Å²) in [6, 6.07) is 0. The summed E-state index contributed by atoms with van der Waals surface area (Å²) < 4.78 is 3.69. The van der Waals surface area contributed by atoms with Crippen molar-refractivity contribution in [3.05, 3.63) is 15.5 Å². The molecule has 0 radical (unpaired) electrons. The smallest absolute Gasteiger partial charge is 0.300 e. The third-order valence-corrected chi connectivity index (χ3v) is 1.18. The fraction of sp³-hybridized carbons (Fsp3) is 0.714. The lowest BCUT2D eigenvalue weighted by Gasteiger charge is -1.65. The monoisotopic (exact) mass is 176 g/mol. The first-order valence-corrected chi connectivity index (χ1v) is 4.59. The Morgan fingerprint density at radius 3 is 1.82 bits per heavy atom. The average molecular weight is 176 g/mol. The Kier molecular flexibility index (Phi) is 11.1. The Morgan fingerprint density at radius 1 is 1.27 bits per heavy atom. The van der Waals surface area contributed by atoms with Crippen molar-refractivity contribution in [2.45, 2.75) is 34.6 Å². The van der Waals surface area contributed by atoms with Gasteiger partial charge in [-0.3, -0.25) is 9.78 Å². The third-order valence-electron chi connectivity index (χ3n) is 0.548. The van der Waals surface area contributed by atoms with Crippen molar-refractivity contribution in [3.8, 4) is 0 Å². The van der Waals surface area contributed by atoms with Crippen molar-refractivity contribution < 1.29 is 0 Å². The van der Waals surface area contributed by atoms with E-state index in [9.17, 15) is 4.79 Å². The predicted octanol–water partition coefficient (Wildman–Crippen LogP) is 2.19. The van der Waals surface area contributed by atoms with Crippen molar-refractivity contribution in [2.24, 2.45) is 0 Å². The summed E-state index contributed by atoms with van der Waals surface area (Å²) >= 11 is 0.943. The van der Waals surface area contributed by atoms with Gasteiger partial charge in [-0.1, -0.05) is 27.7 Å². The highest BCUT2D eigenvalue weighted by atomic mass is 32.1. The zero-order valence-corrected chi connectivity index (χ0v) is 8.58. The number of H-pyrrole nitrogens is 1. The fourth-order valence-corrected chi connectivity index (χ4v) is 0.762. The molecule has 1 aromatic heterocycles. The second-order valence-electron chi connectivity index (χ2n) is 1.18. The van der Waals surface area contributed by atoms with Crippen molar-refractivity contribution in [2.75, 3.05) is 0 Å². The van der Waals surface area contributed by atoms with Crippen molar-refractivity contribution in [1.82, 2.24) is 9.36 Å². The van der Waals surface area contributed by atoms with E-state index >= 15 is 0 Å². The van der Waals surface area contributed by atoms with Crippen LogP contribution in [0.25, 0.3) is 0 Å². The fourth-order valence-electron chi connectivity index (χ4n) is 0.303. The highest BCUT2D eigenvalue weighted by Gasteiger charge is 1.85. The summed E-state index contributed by atoms with van der Waals surface area (Å²) in [5, 5.41) is 0. The van der Waals surface area contributed by atoms with Gasteiger partial charge in [0.05, 0.1) is 0 Å². The molecule has 0 atom stereocenters. The third kappa shape index (κ3) is 7.25. The van der Waals surface area contributed by atoms with Crippen LogP contribution in [-0.2, 0) is 0 Å². The molecule has 4 heteroatoms. The number of aromatic amines is 1. The molecule has 66 valence electrons. The van der Waals surface area contributed by atoms with Gasteiger partial charge in [0, 0.05) is 11.5 Å². The Morgan fingerprint density at radius 2 is 1.73 bits per heavy atom. The van der Waals surface area contributed by atoms with Gasteiger partial charge in [-0.2, -0.15) is 4.37 Å². The molecule has 0 saturated heterocycles. The molecule has 0 bridgehead atoms. The van der Waals surface area contributed by atoms with Gasteiger partial charge in [-0.05, 0) is 6.92 Å². The van der Waals surface area contributed by atoms with E-state index in [-0.39, 0.29) is 4.87 Å². The molecule has 0 aromatic carbocycles. The van der Waals surface area contributed by atoms with Gasteiger partial charge in [0.2, 0.25) is 0 Å². The number of hydrogen-bond donors (Lipinski definition) is 1. The highest BCUT2D eigenvalue weighted by Crippen LogP contribution is 1.79. The van der Waals surface area contributed by atoms with E-state index in [1.165, 1.54) is 0 Å². The van der Waals surface area contributed by atoms with Crippen LogP contribution in [0.3, 0.4) is 0 Å². The lowest BCUT2D eigenvalue weighted by molar-refractivity contribution is 1.14. The van der Waals surface area contributed by atoms with Crippen molar-refractivity contribution >= 4 is 11.5 Å². The standard InChI is InChI=1S/C3H4N2OS.2C2H6/c1-2-4-3(6)7-5-2;2*1-2/h1H3,(H,4,5,6);2*1-2H3. The Labute approximate surface area is 71.7 Å². The molecule has 1 heterocycles. The molecule has 1 aromatic rings. The van der Waals surface area contributed by atoms with E-state index in [0.29, 0.717) is 5.82 Å². The van der Waals surface area contributed by atoms with Crippen LogP contribution < -0.4 is 4.87 Å². The molecule has 0 aliphatic carbocycles. The minimum Gasteiger partial charge on any atom is -0.300 e. The maximum atomic E-state index is 10.2. The minimum atomic E-state index is -0.0856. The van der Waals surface area contributed by atoms with Crippen molar-refractivity contribution in [1.29, 1.82) is 0 Å².